The van der Waals surface area contributed by atoms with E-state index in [0.717, 1.165) is 49.1 Å². The maximum Gasteiger partial charge on any atom is 0.354 e. The van der Waals surface area contributed by atoms with Crippen molar-refractivity contribution in [1.82, 2.24) is 19.9 Å². The van der Waals surface area contributed by atoms with E-state index in [1.807, 2.05) is 6.92 Å². The molecule has 3 saturated carbocycles. The molecule has 15 nitrogen and oxygen atoms in total. The van der Waals surface area contributed by atoms with Gasteiger partial charge >= 0.3 is 11.9 Å². The fourth-order valence-corrected chi connectivity index (χ4v) is 6.66. The van der Waals surface area contributed by atoms with Gasteiger partial charge in [-0.15, -0.1) is 17.5 Å². The van der Waals surface area contributed by atoms with Crippen molar-refractivity contribution in [3.8, 4) is 0 Å². The Hall–Kier alpha value is -5.09. The van der Waals surface area contributed by atoms with Crippen LogP contribution in [0.2, 0.25) is 0 Å². The maximum absolute atomic E-state index is 14.1. The number of amides is 1. The highest BCUT2D eigenvalue weighted by Crippen LogP contribution is 2.58. The zero-order chi connectivity index (χ0) is 35.7. The topological polar surface area (TPSA) is 247 Å². The van der Waals surface area contributed by atoms with Crippen molar-refractivity contribution < 1.29 is 28.6 Å². The van der Waals surface area contributed by atoms with Crippen molar-refractivity contribution in [2.45, 2.75) is 78.9 Å². The second-order valence-corrected chi connectivity index (χ2v) is 12.7. The number of ether oxygens (including phenoxy) is 1. The molecule has 1 atom stereocenters. The summed E-state index contributed by atoms with van der Waals surface area (Å²) in [7, 11) is 0. The van der Waals surface area contributed by atoms with E-state index in [-0.39, 0.29) is 90.1 Å². The Labute approximate surface area is 299 Å². The Bertz CT molecular complexity index is 1980. The van der Waals surface area contributed by atoms with Crippen molar-refractivity contribution in [3.63, 3.8) is 0 Å². The van der Waals surface area contributed by atoms with Crippen molar-refractivity contribution in [2.75, 3.05) is 23.4 Å². The Balaban J connectivity index is 0.000000329. The summed E-state index contributed by atoms with van der Waals surface area (Å²) in [5.41, 5.74) is 15.8. The number of aromatic nitrogens is 3. The molecule has 51 heavy (non-hydrogen) atoms. The smallest absolute Gasteiger partial charge is 0.354 e. The van der Waals surface area contributed by atoms with Crippen molar-refractivity contribution in [1.29, 1.82) is 0 Å². The summed E-state index contributed by atoms with van der Waals surface area (Å²) in [4.78, 5) is 62.7. The van der Waals surface area contributed by atoms with E-state index in [0.29, 0.717) is 17.6 Å². The minimum atomic E-state index is -1.32. The molecule has 0 radical (unpaired) electrons. The Morgan fingerprint density at radius 3 is 2.25 bits per heavy atom. The van der Waals surface area contributed by atoms with Gasteiger partial charge in [0.2, 0.25) is 0 Å². The summed E-state index contributed by atoms with van der Waals surface area (Å²) in [5.74, 6) is -2.47. The number of nitrogen functional groups attached to an aromatic ring is 2. The van der Waals surface area contributed by atoms with Crippen LogP contribution in [0, 0.1) is 16.6 Å². The van der Waals surface area contributed by atoms with Crippen LogP contribution in [0.5, 0.6) is 0 Å². The van der Waals surface area contributed by atoms with E-state index in [1.54, 1.807) is 0 Å². The highest BCUT2D eigenvalue weighted by atomic mass is 35.5. The predicted octanol–water partition coefficient (Wildman–Crippen LogP) is 3.16. The van der Waals surface area contributed by atoms with Crippen LogP contribution in [0.25, 0.3) is 5.65 Å². The maximum atomic E-state index is 14.1. The number of nitrogens with two attached hydrogens (primary N) is 3. The molecular weight excluding hydrogens is 687 g/mol. The minimum absolute atomic E-state index is 0. The van der Waals surface area contributed by atoms with Crippen LogP contribution in [-0.2, 0) is 22.6 Å². The molecule has 17 heteroatoms. The van der Waals surface area contributed by atoms with E-state index >= 15 is 0 Å². The lowest BCUT2D eigenvalue weighted by molar-refractivity contribution is -0.166. The average molecular weight is 731 g/mol. The van der Waals surface area contributed by atoms with Gasteiger partial charge in [-0.2, -0.15) is 0 Å². The summed E-state index contributed by atoms with van der Waals surface area (Å²) < 4.78 is 20.4. The number of hydrogen-bond acceptors (Lipinski definition) is 12. The summed E-state index contributed by atoms with van der Waals surface area (Å²) in [6.45, 7) is 4.37. The fourth-order valence-electron chi connectivity index (χ4n) is 6.66. The normalized spacial score (nSPS) is 19.5. The van der Waals surface area contributed by atoms with Gasteiger partial charge in [0, 0.05) is 36.8 Å². The second kappa shape index (κ2) is 15.9. The van der Waals surface area contributed by atoms with Gasteiger partial charge in [-0.3, -0.25) is 19.2 Å². The summed E-state index contributed by atoms with van der Waals surface area (Å²) in [6, 6.07) is 6.74. The molecule has 0 saturated heterocycles. The summed E-state index contributed by atoms with van der Waals surface area (Å²) in [6.07, 6.45) is 6.24. The first kappa shape index (κ1) is 40.3. The molecule has 9 N–H and O–H groups in total. The lowest BCUT2D eigenvalue weighted by atomic mass is 9.52. The van der Waals surface area contributed by atoms with Gasteiger partial charge < -0.3 is 37.7 Å². The van der Waals surface area contributed by atoms with Crippen LogP contribution in [0.4, 0.5) is 21.6 Å². The van der Waals surface area contributed by atoms with Gasteiger partial charge in [0.25, 0.3) is 16.8 Å². The first-order chi connectivity index (χ1) is 23.2. The number of rotatable bonds is 10. The fraction of sp³-hybridized carbons (Fsp3) is 0.441. The lowest BCUT2D eigenvalue weighted by Crippen LogP contribution is -2.52. The van der Waals surface area contributed by atoms with Gasteiger partial charge in [-0.05, 0) is 75.5 Å². The zero-order valence-electron chi connectivity index (χ0n) is 27.6. The number of carboxylic acid groups (broad SMARTS) is 1. The van der Waals surface area contributed by atoms with E-state index in [1.165, 1.54) is 24.3 Å². The highest BCUT2D eigenvalue weighted by Gasteiger charge is 2.54. The van der Waals surface area contributed by atoms with Crippen molar-refractivity contribution in [3.05, 3.63) is 79.1 Å². The molecule has 1 amide bonds. The van der Waals surface area contributed by atoms with E-state index in [9.17, 15) is 33.5 Å². The van der Waals surface area contributed by atoms with Crippen molar-refractivity contribution >= 4 is 53.1 Å². The number of carbonyl (C=O) groups is 3. The van der Waals surface area contributed by atoms with Gasteiger partial charge in [0.15, 0.2) is 11.3 Å². The monoisotopic (exact) mass is 730 g/mol. The quantitative estimate of drug-likeness (QED) is 0.102. The molecule has 2 heterocycles. The number of aromatic carboxylic acids is 1. The number of nitrogens with zero attached hydrogens (tertiary/aromatic N) is 3. The van der Waals surface area contributed by atoms with Gasteiger partial charge in [0.05, 0.1) is 12.0 Å². The van der Waals surface area contributed by atoms with Gasteiger partial charge in [0.1, 0.15) is 28.7 Å². The number of benzene rings is 1. The first-order valence-corrected chi connectivity index (χ1v) is 15.9. The number of hydrogen-bond donors (Lipinski definition) is 6. The number of fused-ring (bicyclic) bond motifs is 4. The van der Waals surface area contributed by atoms with E-state index in [2.05, 4.69) is 27.6 Å². The van der Waals surface area contributed by atoms with Crippen LogP contribution >= 0.6 is 12.4 Å². The Morgan fingerprint density at radius 1 is 1.04 bits per heavy atom. The standard InChI is InChI=1S/C20H16FN7O5.C13H23NO2.CH4.ClH/c21-10-2-1-8(3-9(10)7-24-16-15(23)17(29)18(16)30)6-25-19(31)11-4-12(20(32)33)28-14(26-11)5-13(22)27-28;1-3-16-11(15)13-7-4-12(5-8-13,6-9-13)10(2)14;;/h1-5,24H,6-7,23H2,(H2,22,27)(H,25,31)(H,32,33);10H,3-9,14H2,1-2H3;1H4;1H. The highest BCUT2D eigenvalue weighted by molar-refractivity contribution is 5.96. The van der Waals surface area contributed by atoms with Gasteiger partial charge in [-0.1, -0.05) is 13.5 Å². The molecule has 3 aliphatic rings. The number of carbonyl (C=O) groups excluding carboxylic acids is 2. The third-order valence-corrected chi connectivity index (χ3v) is 9.84. The van der Waals surface area contributed by atoms with Crippen molar-refractivity contribution in [2.24, 2.45) is 16.6 Å². The molecule has 276 valence electrons. The Kier molecular flexibility index (Phi) is 12.5. The number of carboxylic acids is 1. The summed E-state index contributed by atoms with van der Waals surface area (Å²) in [5, 5.41) is 18.4. The van der Waals surface area contributed by atoms with Gasteiger partial charge in [-0.25, -0.2) is 18.7 Å². The number of halogens is 2. The molecule has 0 spiro atoms. The molecule has 1 unspecified atom stereocenters. The molecule has 3 fully saturated rings. The molecule has 2 aromatic carbocycles. The first-order valence-electron chi connectivity index (χ1n) is 15.9. The molecule has 4 aromatic rings. The minimum Gasteiger partial charge on any atom is -0.477 e. The zero-order valence-corrected chi connectivity index (χ0v) is 28.4. The second-order valence-electron chi connectivity index (χ2n) is 12.7. The lowest BCUT2D eigenvalue weighted by Gasteiger charge is -2.53. The van der Waals surface area contributed by atoms with Crippen LogP contribution in [0.1, 0.15) is 91.9 Å². The third kappa shape index (κ3) is 7.96. The number of esters is 1. The Morgan fingerprint density at radius 2 is 1.69 bits per heavy atom. The van der Waals surface area contributed by atoms with E-state index < -0.39 is 28.6 Å². The molecule has 0 aliphatic heterocycles. The third-order valence-electron chi connectivity index (χ3n) is 9.84. The van der Waals surface area contributed by atoms with Crippen LogP contribution in [-0.4, -0.2) is 50.2 Å². The number of nitrogens with one attached hydrogen (secondary N) is 2. The molecule has 3 aliphatic carbocycles. The van der Waals surface area contributed by atoms with E-state index in [4.69, 9.17) is 21.9 Å². The number of anilines is 3. The molecule has 2 bridgehead atoms. The van der Waals surface area contributed by atoms with Crippen LogP contribution in [0.3, 0.4) is 0 Å². The van der Waals surface area contributed by atoms with Crippen LogP contribution < -0.4 is 38.7 Å². The predicted molar refractivity (Wildman–Crippen MR) is 192 cm³/mol. The van der Waals surface area contributed by atoms with Crippen LogP contribution in [0.15, 0.2) is 39.9 Å². The molecule has 7 rings (SSSR count). The molecule has 2 aromatic heterocycles. The largest absolute Gasteiger partial charge is 0.477 e. The average Bonchev–Trinajstić information content (AvgIpc) is 3.48. The molecular formula is C34H44ClFN8O7. The SMILES string of the molecule is C.CCOC(=O)C12CCC(C(C)N)(CC1)CC2.Cl.Nc1cc2nc(C(=O)NCc3ccc(F)c(CNc4c(N)c(=O)c4=O)c3)cc(C(=O)O)n2n1. The summed E-state index contributed by atoms with van der Waals surface area (Å²) >= 11 is 0.